The van der Waals surface area contributed by atoms with E-state index in [1.807, 2.05) is 54.6 Å². The number of aromatic nitrogens is 2. The number of rotatable bonds is 1. The molecule has 132 valence electrons. The van der Waals surface area contributed by atoms with Gasteiger partial charge in [-0.05, 0) is 40.6 Å². The van der Waals surface area contributed by atoms with Gasteiger partial charge in [0.25, 0.3) is 0 Å². The van der Waals surface area contributed by atoms with Crippen LogP contribution in [0.1, 0.15) is 0 Å². The predicted octanol–water partition coefficient (Wildman–Crippen LogP) is 7.00. The second-order valence-electron chi connectivity index (χ2n) is 6.81. The number of benzene rings is 4. The molecule has 0 saturated heterocycles. The van der Waals surface area contributed by atoms with Crippen molar-refractivity contribution >= 4 is 55.2 Å². The maximum absolute atomic E-state index is 6.33. The van der Waals surface area contributed by atoms with Crippen molar-refractivity contribution in [2.75, 3.05) is 0 Å². The average molecular weight is 381 g/mol. The van der Waals surface area contributed by atoms with Crippen LogP contribution in [0.3, 0.4) is 0 Å². The zero-order valence-electron chi connectivity index (χ0n) is 14.7. The lowest BCUT2D eigenvalue weighted by molar-refractivity contribution is 0.670. The van der Waals surface area contributed by atoms with Crippen molar-refractivity contribution in [2.45, 2.75) is 0 Å². The minimum Gasteiger partial charge on any atom is -0.455 e. The summed E-state index contributed by atoms with van der Waals surface area (Å²) in [4.78, 5) is 9.02. The Morgan fingerprint density at radius 2 is 1.39 bits per heavy atom. The average Bonchev–Trinajstić information content (AvgIpc) is 3.09. The van der Waals surface area contributed by atoms with Crippen molar-refractivity contribution < 1.29 is 4.42 Å². The van der Waals surface area contributed by atoms with Gasteiger partial charge in [0.1, 0.15) is 11.2 Å². The number of hydrogen-bond acceptors (Lipinski definition) is 3. The van der Waals surface area contributed by atoms with Gasteiger partial charge < -0.3 is 4.42 Å². The van der Waals surface area contributed by atoms with Crippen LogP contribution in [0.5, 0.6) is 0 Å². The van der Waals surface area contributed by atoms with E-state index in [-0.39, 0.29) is 5.28 Å². The van der Waals surface area contributed by atoms with Crippen LogP contribution in [0.25, 0.3) is 54.9 Å². The number of nitrogens with zero attached hydrogens (tertiary/aromatic N) is 2. The molecule has 0 aliphatic rings. The highest BCUT2D eigenvalue weighted by molar-refractivity contribution is 6.29. The molecule has 0 unspecified atom stereocenters. The molecule has 0 fully saturated rings. The highest BCUT2D eigenvalue weighted by Gasteiger charge is 2.19. The minimum atomic E-state index is 0.228. The van der Waals surface area contributed by atoms with Gasteiger partial charge in [0, 0.05) is 16.2 Å². The zero-order chi connectivity index (χ0) is 18.7. The fraction of sp³-hybridized carbons (Fsp3) is 0. The Kier molecular flexibility index (Phi) is 3.22. The maximum atomic E-state index is 6.33. The van der Waals surface area contributed by atoms with Crippen molar-refractivity contribution in [3.63, 3.8) is 0 Å². The van der Waals surface area contributed by atoms with Gasteiger partial charge in [-0.15, -0.1) is 0 Å². The van der Waals surface area contributed by atoms with Gasteiger partial charge in [0.2, 0.25) is 5.28 Å². The fourth-order valence-electron chi connectivity index (χ4n) is 4.00. The van der Waals surface area contributed by atoms with Crippen molar-refractivity contribution in [3.8, 4) is 11.3 Å². The smallest absolute Gasteiger partial charge is 0.223 e. The molecule has 0 spiro atoms. The lowest BCUT2D eigenvalue weighted by Crippen LogP contribution is -1.93. The van der Waals surface area contributed by atoms with E-state index in [1.54, 1.807) is 0 Å². The second kappa shape index (κ2) is 5.78. The second-order valence-corrected chi connectivity index (χ2v) is 7.14. The molecule has 6 rings (SSSR count). The van der Waals surface area contributed by atoms with E-state index >= 15 is 0 Å². The predicted molar refractivity (Wildman–Crippen MR) is 115 cm³/mol. The molecular formula is C24H13ClN2O. The molecule has 0 amide bonds. The van der Waals surface area contributed by atoms with Crippen LogP contribution in [0.15, 0.2) is 83.3 Å². The molecule has 0 saturated carbocycles. The van der Waals surface area contributed by atoms with Crippen molar-refractivity contribution in [3.05, 3.63) is 84.1 Å². The van der Waals surface area contributed by atoms with E-state index in [4.69, 9.17) is 16.0 Å². The van der Waals surface area contributed by atoms with Crippen LogP contribution in [-0.2, 0) is 0 Å². The summed E-state index contributed by atoms with van der Waals surface area (Å²) in [6.07, 6.45) is 0. The maximum Gasteiger partial charge on any atom is 0.223 e. The molecule has 28 heavy (non-hydrogen) atoms. The van der Waals surface area contributed by atoms with Crippen LogP contribution in [0.4, 0.5) is 0 Å². The van der Waals surface area contributed by atoms with E-state index in [9.17, 15) is 0 Å². The Morgan fingerprint density at radius 3 is 2.29 bits per heavy atom. The Hall–Kier alpha value is -3.43. The van der Waals surface area contributed by atoms with E-state index in [0.29, 0.717) is 0 Å². The molecule has 0 N–H and O–H groups in total. The third-order valence-corrected chi connectivity index (χ3v) is 5.37. The van der Waals surface area contributed by atoms with E-state index in [0.717, 1.165) is 54.9 Å². The quantitative estimate of drug-likeness (QED) is 0.288. The van der Waals surface area contributed by atoms with Crippen LogP contribution in [0.2, 0.25) is 5.28 Å². The molecule has 4 heteroatoms. The third kappa shape index (κ3) is 2.17. The van der Waals surface area contributed by atoms with E-state index in [1.165, 1.54) is 0 Å². The summed E-state index contributed by atoms with van der Waals surface area (Å²) < 4.78 is 6.33. The molecule has 6 aromatic rings. The monoisotopic (exact) mass is 380 g/mol. The van der Waals surface area contributed by atoms with Crippen LogP contribution in [-0.4, -0.2) is 9.97 Å². The van der Waals surface area contributed by atoms with Gasteiger partial charge in [-0.2, -0.15) is 0 Å². The summed E-state index contributed by atoms with van der Waals surface area (Å²) in [5, 5.41) is 5.55. The van der Waals surface area contributed by atoms with Gasteiger partial charge >= 0.3 is 0 Å². The number of para-hydroxylation sites is 2. The Balaban J connectivity index is 1.90. The first kappa shape index (κ1) is 15.6. The molecule has 4 aromatic carbocycles. The summed E-state index contributed by atoms with van der Waals surface area (Å²) in [7, 11) is 0. The minimum absolute atomic E-state index is 0.228. The van der Waals surface area contributed by atoms with Crippen molar-refractivity contribution in [1.29, 1.82) is 0 Å². The number of hydrogen-bond donors (Lipinski definition) is 0. The lowest BCUT2D eigenvalue weighted by Gasteiger charge is -2.10. The molecule has 0 aliphatic carbocycles. The van der Waals surface area contributed by atoms with Crippen LogP contribution in [0, 0.1) is 0 Å². The highest BCUT2D eigenvalue weighted by Crippen LogP contribution is 2.42. The highest BCUT2D eigenvalue weighted by atomic mass is 35.5. The molecule has 0 bridgehead atoms. The number of fused-ring (bicyclic) bond motifs is 5. The first-order valence-electron chi connectivity index (χ1n) is 9.05. The molecular weight excluding hydrogens is 368 g/mol. The summed E-state index contributed by atoms with van der Waals surface area (Å²) in [6.45, 7) is 0. The van der Waals surface area contributed by atoms with Crippen molar-refractivity contribution in [2.24, 2.45) is 0 Å². The van der Waals surface area contributed by atoms with Gasteiger partial charge in [0.15, 0.2) is 0 Å². The van der Waals surface area contributed by atoms with E-state index in [2.05, 4.69) is 34.2 Å². The molecule has 0 radical (unpaired) electrons. The molecule has 2 heterocycles. The van der Waals surface area contributed by atoms with Gasteiger partial charge in [-0.3, -0.25) is 0 Å². The van der Waals surface area contributed by atoms with Crippen LogP contribution >= 0.6 is 11.6 Å². The topological polar surface area (TPSA) is 38.9 Å². The lowest BCUT2D eigenvalue weighted by atomic mass is 9.96. The molecule has 3 nitrogen and oxygen atoms in total. The fourth-order valence-corrected chi connectivity index (χ4v) is 4.17. The number of halogens is 1. The van der Waals surface area contributed by atoms with Gasteiger partial charge in [-0.1, -0.05) is 60.7 Å². The van der Waals surface area contributed by atoms with Gasteiger partial charge in [-0.25, -0.2) is 9.97 Å². The Morgan fingerprint density at radius 1 is 0.679 bits per heavy atom. The Bertz CT molecular complexity index is 1530. The summed E-state index contributed by atoms with van der Waals surface area (Å²) in [5.41, 5.74) is 4.23. The van der Waals surface area contributed by atoms with Gasteiger partial charge in [0.05, 0.1) is 16.8 Å². The SMILES string of the molecule is Clc1nc(-c2c3ccccc3cc3c2oc2ccccc23)c2ccccc2n1. The third-order valence-electron chi connectivity index (χ3n) is 5.20. The van der Waals surface area contributed by atoms with Crippen LogP contribution < -0.4 is 0 Å². The molecule has 0 aliphatic heterocycles. The van der Waals surface area contributed by atoms with Crippen molar-refractivity contribution in [1.82, 2.24) is 9.97 Å². The first-order valence-corrected chi connectivity index (χ1v) is 9.43. The summed E-state index contributed by atoms with van der Waals surface area (Å²) in [5.74, 6) is 0. The standard InChI is InChI=1S/C24H13ClN2O/c25-24-26-19-11-5-3-10-17(19)22(27-24)21-15-8-2-1-7-14(15)13-18-16-9-4-6-12-20(16)28-23(18)21/h1-13H. The largest absolute Gasteiger partial charge is 0.455 e. The zero-order valence-corrected chi connectivity index (χ0v) is 15.4. The molecule has 2 aromatic heterocycles. The van der Waals surface area contributed by atoms with E-state index < -0.39 is 0 Å². The summed E-state index contributed by atoms with van der Waals surface area (Å²) >= 11 is 6.30. The summed E-state index contributed by atoms with van der Waals surface area (Å²) in [6, 6.07) is 26.5. The first-order chi connectivity index (χ1) is 13.8. The normalized spacial score (nSPS) is 11.8. The number of furan rings is 1. The molecule has 0 atom stereocenters. The Labute approximate surface area is 165 Å².